The summed E-state index contributed by atoms with van der Waals surface area (Å²) in [5.41, 5.74) is 0.0456. The Morgan fingerprint density at radius 3 is 2.71 bits per heavy atom. The van der Waals surface area contributed by atoms with E-state index < -0.39 is 12.1 Å². The number of nitrogens with zero attached hydrogens (tertiary/aromatic N) is 1. The van der Waals surface area contributed by atoms with E-state index in [0.717, 1.165) is 5.39 Å². The maximum atomic E-state index is 14.0. The Bertz CT molecular complexity index is 973. The number of methoxy groups -OCH3 is 1. The first-order valence-electron chi connectivity index (χ1n) is 10.5. The molecule has 2 N–H and O–H groups in total. The van der Waals surface area contributed by atoms with Crippen molar-refractivity contribution in [3.63, 3.8) is 0 Å². The summed E-state index contributed by atoms with van der Waals surface area (Å²) in [7, 11) is 1.51. The smallest absolute Gasteiger partial charge is 0.255 e. The molecule has 0 saturated carbocycles. The number of rotatable bonds is 7. The largest absolute Gasteiger partial charge is 0.496 e. The molecule has 2 amide bonds. The summed E-state index contributed by atoms with van der Waals surface area (Å²) in [6.45, 7) is 7.88. The van der Waals surface area contributed by atoms with Gasteiger partial charge in [0.25, 0.3) is 11.8 Å². The molecule has 0 radical (unpaired) electrons. The molecule has 2 aromatic rings. The number of nitrogens with one attached hydrogen (secondary N) is 2. The Morgan fingerprint density at radius 2 is 2.06 bits per heavy atom. The summed E-state index contributed by atoms with van der Waals surface area (Å²) in [5, 5.41) is 7.14. The predicted octanol–water partition coefficient (Wildman–Crippen LogP) is 3.40. The van der Waals surface area contributed by atoms with Gasteiger partial charge in [-0.25, -0.2) is 9.37 Å². The number of fused-ring (bicyclic) bond motifs is 1. The fourth-order valence-corrected chi connectivity index (χ4v) is 3.87. The van der Waals surface area contributed by atoms with Crippen molar-refractivity contribution in [2.45, 2.75) is 58.3 Å². The van der Waals surface area contributed by atoms with Crippen molar-refractivity contribution in [1.82, 2.24) is 15.6 Å². The molecule has 2 heterocycles. The van der Waals surface area contributed by atoms with Gasteiger partial charge in [-0.3, -0.25) is 9.59 Å². The molecule has 1 aliphatic rings. The van der Waals surface area contributed by atoms with Gasteiger partial charge < -0.3 is 20.1 Å². The number of hydrogen-bond donors (Lipinski definition) is 2. The quantitative estimate of drug-likeness (QED) is 0.701. The van der Waals surface area contributed by atoms with Crippen LogP contribution in [0.4, 0.5) is 4.39 Å². The van der Waals surface area contributed by atoms with E-state index in [1.807, 2.05) is 27.7 Å². The van der Waals surface area contributed by atoms with Crippen LogP contribution in [0.25, 0.3) is 10.8 Å². The number of ether oxygens (including phenoxy) is 2. The molecule has 7 nitrogen and oxygen atoms in total. The van der Waals surface area contributed by atoms with Crippen LogP contribution in [0.3, 0.4) is 0 Å². The summed E-state index contributed by atoms with van der Waals surface area (Å²) in [6, 6.07) is 5.03. The first-order chi connectivity index (χ1) is 14.6. The lowest BCUT2D eigenvalue weighted by molar-refractivity contribution is -0.123. The molecule has 168 valence electrons. The minimum absolute atomic E-state index is 0.228. The number of alkyl halides is 1. The van der Waals surface area contributed by atoms with Crippen LogP contribution < -0.4 is 20.1 Å². The number of benzene rings is 1. The SMILES string of the molecule is CC[C@@H]1[C@H](F)C(=O)N[C@@H]1CCOc1nccc2cc(C(=O)NC(C)(C)C)c(OC)cc12. The van der Waals surface area contributed by atoms with Gasteiger partial charge in [0.05, 0.1) is 19.3 Å². The van der Waals surface area contributed by atoms with E-state index in [9.17, 15) is 14.0 Å². The van der Waals surface area contributed by atoms with Gasteiger partial charge in [-0.15, -0.1) is 0 Å². The third kappa shape index (κ3) is 5.06. The summed E-state index contributed by atoms with van der Waals surface area (Å²) >= 11 is 0. The van der Waals surface area contributed by atoms with Gasteiger partial charge >= 0.3 is 0 Å². The van der Waals surface area contributed by atoms with Crippen LogP contribution in [0.1, 0.15) is 50.9 Å². The number of carbonyl (C=O) groups excluding carboxylic acids is 2. The normalized spacial score (nSPS) is 21.1. The molecule has 0 unspecified atom stereocenters. The van der Waals surface area contributed by atoms with Crippen LogP contribution in [-0.2, 0) is 4.79 Å². The van der Waals surface area contributed by atoms with Crippen molar-refractivity contribution in [3.05, 3.63) is 30.0 Å². The first kappa shape index (κ1) is 22.8. The lowest BCUT2D eigenvalue weighted by atomic mass is 9.94. The van der Waals surface area contributed by atoms with E-state index in [4.69, 9.17) is 9.47 Å². The molecule has 3 rings (SSSR count). The van der Waals surface area contributed by atoms with Gasteiger partial charge in [0, 0.05) is 35.5 Å². The summed E-state index contributed by atoms with van der Waals surface area (Å²) < 4.78 is 25.3. The van der Waals surface area contributed by atoms with Gasteiger partial charge in [0.1, 0.15) is 5.75 Å². The lowest BCUT2D eigenvalue weighted by Gasteiger charge is -2.21. The van der Waals surface area contributed by atoms with E-state index >= 15 is 0 Å². The number of hydrogen-bond acceptors (Lipinski definition) is 5. The molecule has 1 fully saturated rings. The Morgan fingerprint density at radius 1 is 1.32 bits per heavy atom. The zero-order valence-corrected chi connectivity index (χ0v) is 18.6. The van der Waals surface area contributed by atoms with Crippen LogP contribution in [0, 0.1) is 5.92 Å². The maximum Gasteiger partial charge on any atom is 0.255 e. The second-order valence-electron chi connectivity index (χ2n) is 8.82. The van der Waals surface area contributed by atoms with Gasteiger partial charge in [-0.2, -0.15) is 0 Å². The topological polar surface area (TPSA) is 89.5 Å². The van der Waals surface area contributed by atoms with Crippen molar-refractivity contribution in [2.75, 3.05) is 13.7 Å². The van der Waals surface area contributed by atoms with Crippen LogP contribution in [0.15, 0.2) is 24.4 Å². The minimum Gasteiger partial charge on any atom is -0.496 e. The van der Waals surface area contributed by atoms with Crippen LogP contribution >= 0.6 is 0 Å². The standard InChI is InChI=1S/C23H30FN3O4/c1-6-14-17(26-21(29)19(14)24)8-10-31-22-15-12-18(30-5)16(11-13(15)7-9-25-22)20(28)27-23(2,3)4/h7,9,11-12,14,17,19H,6,8,10H2,1-5H3,(H,26,29)(H,27,28)/t14-,17+,19-/m0/s1. The molecule has 3 atom stereocenters. The average Bonchev–Trinajstić information content (AvgIpc) is 2.98. The van der Waals surface area contributed by atoms with E-state index in [-0.39, 0.29) is 30.0 Å². The molecular weight excluding hydrogens is 401 g/mol. The molecule has 1 saturated heterocycles. The monoisotopic (exact) mass is 431 g/mol. The summed E-state index contributed by atoms with van der Waals surface area (Å²) in [6.07, 6.45) is 1.20. The molecule has 1 aromatic carbocycles. The molecule has 0 aliphatic carbocycles. The van der Waals surface area contributed by atoms with Gasteiger partial charge in [-0.05, 0) is 50.8 Å². The fourth-order valence-electron chi connectivity index (χ4n) is 3.87. The highest BCUT2D eigenvalue weighted by atomic mass is 19.1. The van der Waals surface area contributed by atoms with Gasteiger partial charge in [0.15, 0.2) is 6.17 Å². The Hall–Kier alpha value is -2.90. The number of pyridine rings is 1. The summed E-state index contributed by atoms with van der Waals surface area (Å²) in [4.78, 5) is 28.6. The van der Waals surface area contributed by atoms with Crippen molar-refractivity contribution in [3.8, 4) is 11.6 Å². The molecule has 31 heavy (non-hydrogen) atoms. The molecule has 1 aromatic heterocycles. The highest BCUT2D eigenvalue weighted by Gasteiger charge is 2.41. The van der Waals surface area contributed by atoms with Crippen molar-refractivity contribution in [1.29, 1.82) is 0 Å². The van der Waals surface area contributed by atoms with Gasteiger partial charge in [0.2, 0.25) is 5.88 Å². The second kappa shape index (κ2) is 9.08. The Labute approximate surface area is 181 Å². The zero-order chi connectivity index (χ0) is 22.8. The molecule has 1 aliphatic heterocycles. The summed E-state index contributed by atoms with van der Waals surface area (Å²) in [5.74, 6) is -0.311. The average molecular weight is 432 g/mol. The van der Waals surface area contributed by atoms with Crippen LogP contribution in [0.2, 0.25) is 0 Å². The highest BCUT2D eigenvalue weighted by Crippen LogP contribution is 2.32. The molecule has 0 bridgehead atoms. The molecule has 0 spiro atoms. The second-order valence-corrected chi connectivity index (χ2v) is 8.82. The Kier molecular flexibility index (Phi) is 6.67. The number of carbonyl (C=O) groups is 2. The minimum atomic E-state index is -1.47. The molecular formula is C23H30FN3O4. The number of halogens is 1. The lowest BCUT2D eigenvalue weighted by Crippen LogP contribution is -2.40. The third-order valence-corrected chi connectivity index (χ3v) is 5.39. The highest BCUT2D eigenvalue weighted by molar-refractivity contribution is 6.02. The zero-order valence-electron chi connectivity index (χ0n) is 18.6. The van der Waals surface area contributed by atoms with E-state index in [2.05, 4.69) is 15.6 Å². The third-order valence-electron chi connectivity index (χ3n) is 5.39. The van der Waals surface area contributed by atoms with Crippen molar-refractivity contribution < 1.29 is 23.5 Å². The van der Waals surface area contributed by atoms with Crippen molar-refractivity contribution >= 4 is 22.6 Å². The van der Waals surface area contributed by atoms with Crippen molar-refractivity contribution in [2.24, 2.45) is 5.92 Å². The maximum absolute atomic E-state index is 14.0. The number of amides is 2. The van der Waals surface area contributed by atoms with Crippen LogP contribution in [-0.4, -0.2) is 48.3 Å². The van der Waals surface area contributed by atoms with E-state index in [1.165, 1.54) is 7.11 Å². The molecule has 8 heteroatoms. The van der Waals surface area contributed by atoms with E-state index in [1.54, 1.807) is 24.4 Å². The van der Waals surface area contributed by atoms with Gasteiger partial charge in [-0.1, -0.05) is 6.92 Å². The van der Waals surface area contributed by atoms with Crippen LogP contribution in [0.5, 0.6) is 11.6 Å². The Balaban J connectivity index is 1.79. The first-order valence-corrected chi connectivity index (χ1v) is 10.5. The fraction of sp³-hybridized carbons (Fsp3) is 0.522. The van der Waals surface area contributed by atoms with E-state index in [0.29, 0.717) is 35.4 Å². The predicted molar refractivity (Wildman–Crippen MR) is 116 cm³/mol. The number of aromatic nitrogens is 1.